The monoisotopic (exact) mass is 282 g/mol. The molecule has 0 saturated carbocycles. The first-order chi connectivity index (χ1) is 10.1. The summed E-state index contributed by atoms with van der Waals surface area (Å²) in [5.41, 5.74) is 1.05. The molecule has 0 bridgehead atoms. The molecule has 0 radical (unpaired) electrons. The average Bonchev–Trinajstić information content (AvgIpc) is 2.48. The van der Waals surface area contributed by atoms with E-state index in [4.69, 9.17) is 0 Å². The second-order valence-electron chi connectivity index (χ2n) is 4.58. The van der Waals surface area contributed by atoms with Crippen molar-refractivity contribution in [1.82, 2.24) is 0 Å². The molecule has 104 valence electrons. The maximum atomic E-state index is 12.4. The Morgan fingerprint density at radius 2 is 1.57 bits per heavy atom. The Morgan fingerprint density at radius 3 is 2.24 bits per heavy atom. The van der Waals surface area contributed by atoms with Crippen molar-refractivity contribution in [2.45, 2.75) is 6.04 Å². The van der Waals surface area contributed by atoms with E-state index in [1.165, 1.54) is 11.0 Å². The lowest BCUT2D eigenvalue weighted by Gasteiger charge is -2.29. The molecule has 0 N–H and O–H groups in total. The number of nitro groups is 1. The summed E-state index contributed by atoms with van der Waals surface area (Å²) in [6.45, 7) is 0. The van der Waals surface area contributed by atoms with Gasteiger partial charge in [-0.1, -0.05) is 30.3 Å². The fourth-order valence-corrected chi connectivity index (χ4v) is 2.41. The molecule has 0 saturated heterocycles. The molecule has 2 aromatic carbocycles. The number of hydrogen-bond donors (Lipinski definition) is 0. The molecule has 1 aliphatic rings. The number of nitrogens with zero attached hydrogens (tertiary/aromatic N) is 2. The van der Waals surface area contributed by atoms with Crippen molar-refractivity contribution < 1.29 is 14.5 Å². The molecule has 0 spiro atoms. The van der Waals surface area contributed by atoms with Crippen LogP contribution in [0.3, 0.4) is 0 Å². The Kier molecular flexibility index (Phi) is 2.98. The lowest BCUT2D eigenvalue weighted by Crippen LogP contribution is -2.49. The number of amides is 1. The third-order valence-corrected chi connectivity index (χ3v) is 3.34. The van der Waals surface area contributed by atoms with E-state index in [2.05, 4.69) is 0 Å². The molecule has 1 atom stereocenters. The van der Waals surface area contributed by atoms with E-state index < -0.39 is 22.7 Å². The molecule has 1 aliphatic heterocycles. The Labute approximate surface area is 119 Å². The topological polar surface area (TPSA) is 80.5 Å². The molecule has 3 rings (SSSR count). The Morgan fingerprint density at radius 1 is 0.952 bits per heavy atom. The van der Waals surface area contributed by atoms with E-state index in [1.54, 1.807) is 48.5 Å². The fourth-order valence-electron chi connectivity index (χ4n) is 2.41. The van der Waals surface area contributed by atoms with Crippen molar-refractivity contribution in [3.05, 3.63) is 70.3 Å². The van der Waals surface area contributed by atoms with Crippen LogP contribution < -0.4 is 4.90 Å². The van der Waals surface area contributed by atoms with Crippen LogP contribution in [0.15, 0.2) is 54.6 Å². The number of ketones is 1. The summed E-state index contributed by atoms with van der Waals surface area (Å²) in [6, 6.07) is 13.1. The van der Waals surface area contributed by atoms with Crippen LogP contribution in [-0.2, 0) is 4.79 Å². The van der Waals surface area contributed by atoms with Crippen LogP contribution in [0.1, 0.15) is 10.4 Å². The maximum Gasteiger partial charge on any atom is 0.352 e. The predicted molar refractivity (Wildman–Crippen MR) is 75.1 cm³/mol. The van der Waals surface area contributed by atoms with E-state index in [0.717, 1.165) is 0 Å². The molecule has 0 fully saturated rings. The van der Waals surface area contributed by atoms with E-state index in [1.807, 2.05) is 0 Å². The highest BCUT2D eigenvalue weighted by Gasteiger charge is 2.48. The molecule has 0 aliphatic carbocycles. The SMILES string of the molecule is O=C1c2ccccc2N(c2ccccc2)C(=O)C1[N+](=O)[O-]. The van der Waals surface area contributed by atoms with Gasteiger partial charge in [-0.2, -0.15) is 0 Å². The number of carbonyl (C=O) groups excluding carboxylic acids is 2. The van der Waals surface area contributed by atoms with E-state index in [9.17, 15) is 19.7 Å². The van der Waals surface area contributed by atoms with Crippen LogP contribution >= 0.6 is 0 Å². The van der Waals surface area contributed by atoms with Gasteiger partial charge in [0, 0.05) is 16.2 Å². The zero-order valence-corrected chi connectivity index (χ0v) is 10.8. The number of para-hydroxylation sites is 2. The number of fused-ring (bicyclic) bond motifs is 1. The van der Waals surface area contributed by atoms with Crippen molar-refractivity contribution in [2.24, 2.45) is 0 Å². The molecule has 0 aromatic heterocycles. The predicted octanol–water partition coefficient (Wildman–Crippen LogP) is 2.19. The summed E-state index contributed by atoms with van der Waals surface area (Å²) in [5, 5.41) is 11.1. The molecular weight excluding hydrogens is 272 g/mol. The van der Waals surface area contributed by atoms with Gasteiger partial charge in [0.1, 0.15) is 0 Å². The number of Topliss-reactive ketones (excluding diaryl/α,β-unsaturated/α-hetero) is 1. The Balaban J connectivity index is 2.23. The van der Waals surface area contributed by atoms with Crippen molar-refractivity contribution >= 4 is 23.1 Å². The zero-order valence-electron chi connectivity index (χ0n) is 10.8. The second-order valence-corrected chi connectivity index (χ2v) is 4.58. The number of carbonyl (C=O) groups is 2. The van der Waals surface area contributed by atoms with Crippen molar-refractivity contribution in [3.8, 4) is 0 Å². The van der Waals surface area contributed by atoms with Crippen LogP contribution in [0.25, 0.3) is 0 Å². The summed E-state index contributed by atoms with van der Waals surface area (Å²) in [7, 11) is 0. The molecule has 21 heavy (non-hydrogen) atoms. The largest absolute Gasteiger partial charge is 0.352 e. The number of anilines is 2. The lowest BCUT2D eigenvalue weighted by molar-refractivity contribution is -0.491. The van der Waals surface area contributed by atoms with Crippen LogP contribution in [0.5, 0.6) is 0 Å². The minimum absolute atomic E-state index is 0.183. The molecule has 2 aromatic rings. The van der Waals surface area contributed by atoms with Crippen LogP contribution in [0, 0.1) is 10.1 Å². The molecule has 1 heterocycles. The lowest BCUT2D eigenvalue weighted by atomic mass is 9.95. The summed E-state index contributed by atoms with van der Waals surface area (Å²) in [5.74, 6) is -1.61. The number of benzene rings is 2. The van der Waals surface area contributed by atoms with Gasteiger partial charge in [0.15, 0.2) is 0 Å². The first-order valence-electron chi connectivity index (χ1n) is 6.27. The fraction of sp³-hybridized carbons (Fsp3) is 0.0667. The van der Waals surface area contributed by atoms with Crippen LogP contribution in [0.2, 0.25) is 0 Å². The number of hydrogen-bond acceptors (Lipinski definition) is 4. The Hall–Kier alpha value is -3.02. The third-order valence-electron chi connectivity index (χ3n) is 3.34. The average molecular weight is 282 g/mol. The third kappa shape index (κ3) is 1.97. The highest BCUT2D eigenvalue weighted by Crippen LogP contribution is 2.34. The van der Waals surface area contributed by atoms with Gasteiger partial charge in [-0.25, -0.2) is 0 Å². The van der Waals surface area contributed by atoms with Crippen LogP contribution in [0.4, 0.5) is 11.4 Å². The molecule has 6 nitrogen and oxygen atoms in total. The van der Waals surface area contributed by atoms with Crippen molar-refractivity contribution in [1.29, 1.82) is 0 Å². The van der Waals surface area contributed by atoms with Gasteiger partial charge in [0.2, 0.25) is 5.78 Å². The van der Waals surface area contributed by atoms with E-state index in [0.29, 0.717) is 11.4 Å². The standard InChI is InChI=1S/C15H10N2O4/c18-14-11-8-4-5-9-12(11)16(10-6-2-1-3-7-10)15(19)13(14)17(20)21/h1-9,13H. The summed E-state index contributed by atoms with van der Waals surface area (Å²) in [6.07, 6.45) is 0. The quantitative estimate of drug-likeness (QED) is 0.480. The van der Waals surface area contributed by atoms with Crippen molar-refractivity contribution in [2.75, 3.05) is 4.90 Å². The second kappa shape index (κ2) is 4.82. The Bertz CT molecular complexity index is 742. The highest BCUT2D eigenvalue weighted by molar-refractivity contribution is 6.25. The van der Waals surface area contributed by atoms with Gasteiger partial charge in [0.05, 0.1) is 5.69 Å². The van der Waals surface area contributed by atoms with Gasteiger partial charge in [-0.3, -0.25) is 24.6 Å². The normalized spacial score (nSPS) is 17.5. The van der Waals surface area contributed by atoms with Gasteiger partial charge in [-0.15, -0.1) is 0 Å². The molecule has 1 unspecified atom stereocenters. The highest BCUT2D eigenvalue weighted by atomic mass is 16.6. The smallest absolute Gasteiger partial charge is 0.286 e. The molecular formula is C15H10N2O4. The zero-order chi connectivity index (χ0) is 15.0. The van der Waals surface area contributed by atoms with E-state index >= 15 is 0 Å². The molecule has 1 amide bonds. The summed E-state index contributed by atoms with van der Waals surface area (Å²) < 4.78 is 0. The summed E-state index contributed by atoms with van der Waals surface area (Å²) in [4.78, 5) is 36.0. The van der Waals surface area contributed by atoms with Gasteiger partial charge in [-0.05, 0) is 24.3 Å². The van der Waals surface area contributed by atoms with Crippen LogP contribution in [-0.4, -0.2) is 22.7 Å². The summed E-state index contributed by atoms with van der Waals surface area (Å²) >= 11 is 0. The van der Waals surface area contributed by atoms with Gasteiger partial charge in [0.25, 0.3) is 0 Å². The molecule has 6 heteroatoms. The van der Waals surface area contributed by atoms with E-state index in [-0.39, 0.29) is 5.56 Å². The first kappa shape index (κ1) is 13.0. The minimum Gasteiger partial charge on any atom is -0.286 e. The van der Waals surface area contributed by atoms with Gasteiger partial charge < -0.3 is 0 Å². The van der Waals surface area contributed by atoms with Gasteiger partial charge >= 0.3 is 11.9 Å². The van der Waals surface area contributed by atoms with Crippen molar-refractivity contribution in [3.63, 3.8) is 0 Å². The first-order valence-corrected chi connectivity index (χ1v) is 6.27. The minimum atomic E-state index is -1.89. The number of rotatable bonds is 2. The maximum absolute atomic E-state index is 12.4.